The van der Waals surface area contributed by atoms with Gasteiger partial charge in [0.2, 0.25) is 0 Å². The molecule has 0 radical (unpaired) electrons. The molecule has 0 aromatic heterocycles. The molecular weight excluding hydrogens is 289 g/mol. The molecule has 0 aliphatic rings. The second-order valence-electron chi connectivity index (χ2n) is 4.65. The molecule has 1 atom stereocenters. The van der Waals surface area contributed by atoms with Crippen LogP contribution in [-0.2, 0) is 4.79 Å². The van der Waals surface area contributed by atoms with Gasteiger partial charge in [-0.05, 0) is 30.5 Å². The van der Waals surface area contributed by atoms with Crippen LogP contribution in [0.1, 0.15) is 30.6 Å². The van der Waals surface area contributed by atoms with Gasteiger partial charge in [0.1, 0.15) is 6.04 Å². The smallest absolute Gasteiger partial charge is 0.326 e. The summed E-state index contributed by atoms with van der Waals surface area (Å²) in [5.74, 6) is -1.41. The molecule has 1 amide bonds. The van der Waals surface area contributed by atoms with E-state index in [1.54, 1.807) is 0 Å². The molecule has 1 rings (SSSR count). The Morgan fingerprint density at radius 3 is 2.16 bits per heavy atom. The molecule has 0 saturated carbocycles. The van der Waals surface area contributed by atoms with Gasteiger partial charge in [0.15, 0.2) is 0 Å². The van der Waals surface area contributed by atoms with Crippen molar-refractivity contribution < 1.29 is 14.7 Å². The van der Waals surface area contributed by atoms with Crippen LogP contribution in [0.5, 0.6) is 0 Å². The Hall–Kier alpha value is -1.26. The van der Waals surface area contributed by atoms with Gasteiger partial charge in [-0.1, -0.05) is 37.0 Å². The van der Waals surface area contributed by atoms with E-state index in [0.29, 0.717) is 16.5 Å². The monoisotopic (exact) mass is 303 g/mol. The average Bonchev–Trinajstić information content (AvgIpc) is 2.25. The first kappa shape index (κ1) is 15.8. The zero-order valence-electron chi connectivity index (χ0n) is 10.6. The van der Waals surface area contributed by atoms with Gasteiger partial charge in [-0.15, -0.1) is 0 Å². The van der Waals surface area contributed by atoms with Crippen molar-refractivity contribution in [3.8, 4) is 0 Å². The predicted octanol–water partition coefficient (Wildman–Crippen LogP) is 3.22. The Balaban J connectivity index is 2.84. The molecule has 0 unspecified atom stereocenters. The molecule has 0 saturated heterocycles. The van der Waals surface area contributed by atoms with E-state index >= 15 is 0 Å². The number of benzene rings is 1. The van der Waals surface area contributed by atoms with Crippen LogP contribution in [0.25, 0.3) is 0 Å². The maximum Gasteiger partial charge on any atom is 0.326 e. The Morgan fingerprint density at radius 1 is 1.21 bits per heavy atom. The molecule has 0 aliphatic carbocycles. The summed E-state index contributed by atoms with van der Waals surface area (Å²) in [5, 5.41) is 12.2. The molecule has 0 spiro atoms. The van der Waals surface area contributed by atoms with E-state index in [1.807, 2.05) is 13.8 Å². The molecule has 0 fully saturated rings. The van der Waals surface area contributed by atoms with Gasteiger partial charge >= 0.3 is 5.97 Å². The summed E-state index contributed by atoms with van der Waals surface area (Å²) >= 11 is 11.6. The second kappa shape index (κ2) is 6.78. The van der Waals surface area contributed by atoms with Crippen LogP contribution in [0.2, 0.25) is 10.0 Å². The summed E-state index contributed by atoms with van der Waals surface area (Å²) in [6.07, 6.45) is 0.357. The lowest BCUT2D eigenvalue weighted by Crippen LogP contribution is -2.41. The minimum Gasteiger partial charge on any atom is -0.480 e. The molecule has 0 heterocycles. The SMILES string of the molecule is CC(C)C[C@H](NC(=O)c1cc(Cl)cc(Cl)c1)C(=O)O. The summed E-state index contributed by atoms with van der Waals surface area (Å²) in [6.45, 7) is 3.77. The number of carbonyl (C=O) groups excluding carboxylic acids is 1. The number of nitrogens with one attached hydrogen (secondary N) is 1. The topological polar surface area (TPSA) is 66.4 Å². The zero-order valence-corrected chi connectivity index (χ0v) is 12.1. The lowest BCUT2D eigenvalue weighted by Gasteiger charge is -2.16. The third kappa shape index (κ3) is 5.09. The van der Waals surface area contributed by atoms with Crippen molar-refractivity contribution in [3.05, 3.63) is 33.8 Å². The van der Waals surface area contributed by atoms with Crippen LogP contribution < -0.4 is 5.32 Å². The zero-order chi connectivity index (χ0) is 14.6. The highest BCUT2D eigenvalue weighted by molar-refractivity contribution is 6.35. The van der Waals surface area contributed by atoms with Crippen molar-refractivity contribution >= 4 is 35.1 Å². The lowest BCUT2D eigenvalue weighted by atomic mass is 10.0. The highest BCUT2D eigenvalue weighted by atomic mass is 35.5. The first-order valence-corrected chi connectivity index (χ1v) is 6.55. The molecule has 19 heavy (non-hydrogen) atoms. The van der Waals surface area contributed by atoms with Gasteiger partial charge < -0.3 is 10.4 Å². The summed E-state index contributed by atoms with van der Waals surface area (Å²) in [7, 11) is 0. The molecule has 6 heteroatoms. The number of carboxylic acids is 1. The number of hydrogen-bond donors (Lipinski definition) is 2. The summed E-state index contributed by atoms with van der Waals surface area (Å²) in [6, 6.07) is 3.46. The number of hydrogen-bond acceptors (Lipinski definition) is 2. The summed E-state index contributed by atoms with van der Waals surface area (Å²) < 4.78 is 0. The number of carboxylic acid groups (broad SMARTS) is 1. The molecule has 104 valence electrons. The van der Waals surface area contributed by atoms with Gasteiger partial charge in [-0.2, -0.15) is 0 Å². The van der Waals surface area contributed by atoms with Crippen LogP contribution in [-0.4, -0.2) is 23.0 Å². The van der Waals surface area contributed by atoms with Crippen molar-refractivity contribution in [1.82, 2.24) is 5.32 Å². The average molecular weight is 304 g/mol. The Kier molecular flexibility index (Phi) is 5.63. The Bertz CT molecular complexity index is 469. The number of aliphatic carboxylic acids is 1. The predicted molar refractivity (Wildman–Crippen MR) is 74.8 cm³/mol. The number of halogens is 2. The van der Waals surface area contributed by atoms with Gasteiger partial charge in [0.05, 0.1) is 0 Å². The third-order valence-electron chi connectivity index (χ3n) is 2.44. The molecular formula is C13H15Cl2NO3. The molecule has 1 aromatic rings. The molecule has 4 nitrogen and oxygen atoms in total. The van der Waals surface area contributed by atoms with Crippen LogP contribution in [0.15, 0.2) is 18.2 Å². The summed E-state index contributed by atoms with van der Waals surface area (Å²) in [4.78, 5) is 23.0. The van der Waals surface area contributed by atoms with Crippen LogP contribution in [0.4, 0.5) is 0 Å². The van der Waals surface area contributed by atoms with Gasteiger partial charge in [0, 0.05) is 15.6 Å². The van der Waals surface area contributed by atoms with Gasteiger partial charge in [0.25, 0.3) is 5.91 Å². The normalized spacial score (nSPS) is 12.3. The first-order valence-electron chi connectivity index (χ1n) is 5.79. The van der Waals surface area contributed by atoms with Crippen molar-refractivity contribution in [3.63, 3.8) is 0 Å². The van der Waals surface area contributed by atoms with Gasteiger partial charge in [-0.25, -0.2) is 4.79 Å². The number of carbonyl (C=O) groups is 2. The minimum absolute atomic E-state index is 0.157. The van der Waals surface area contributed by atoms with Crippen LogP contribution >= 0.6 is 23.2 Å². The van der Waals surface area contributed by atoms with E-state index in [-0.39, 0.29) is 11.5 Å². The first-order chi connectivity index (χ1) is 8.79. The standard InChI is InChI=1S/C13H15Cl2NO3/c1-7(2)3-11(13(18)19)16-12(17)8-4-9(14)6-10(15)5-8/h4-7,11H,3H2,1-2H3,(H,16,17)(H,18,19)/t11-/m0/s1. The fourth-order valence-electron chi connectivity index (χ4n) is 1.62. The van der Waals surface area contributed by atoms with E-state index in [4.69, 9.17) is 28.3 Å². The molecule has 1 aromatic carbocycles. The Morgan fingerprint density at radius 2 is 1.74 bits per heavy atom. The highest BCUT2D eigenvalue weighted by Gasteiger charge is 2.22. The largest absolute Gasteiger partial charge is 0.480 e. The van der Waals surface area contributed by atoms with Crippen molar-refractivity contribution in [2.75, 3.05) is 0 Å². The van der Waals surface area contributed by atoms with Gasteiger partial charge in [-0.3, -0.25) is 4.79 Å². The minimum atomic E-state index is -1.06. The maximum absolute atomic E-state index is 12.0. The summed E-state index contributed by atoms with van der Waals surface area (Å²) in [5.41, 5.74) is 0.243. The van der Waals surface area contributed by atoms with Crippen LogP contribution in [0, 0.1) is 5.92 Å². The Labute approximate surface area is 121 Å². The van der Waals surface area contributed by atoms with Crippen LogP contribution in [0.3, 0.4) is 0 Å². The van der Waals surface area contributed by atoms with E-state index in [1.165, 1.54) is 18.2 Å². The fourth-order valence-corrected chi connectivity index (χ4v) is 2.15. The van der Waals surface area contributed by atoms with E-state index in [9.17, 15) is 9.59 Å². The van der Waals surface area contributed by atoms with Crippen molar-refractivity contribution in [2.45, 2.75) is 26.3 Å². The highest BCUT2D eigenvalue weighted by Crippen LogP contribution is 2.19. The quantitative estimate of drug-likeness (QED) is 0.877. The third-order valence-corrected chi connectivity index (χ3v) is 2.87. The van der Waals surface area contributed by atoms with E-state index < -0.39 is 17.9 Å². The van der Waals surface area contributed by atoms with E-state index in [0.717, 1.165) is 0 Å². The molecule has 0 aliphatic heterocycles. The van der Waals surface area contributed by atoms with Crippen molar-refractivity contribution in [2.24, 2.45) is 5.92 Å². The lowest BCUT2D eigenvalue weighted by molar-refractivity contribution is -0.139. The van der Waals surface area contributed by atoms with E-state index in [2.05, 4.69) is 5.32 Å². The number of amides is 1. The number of rotatable bonds is 5. The fraction of sp³-hybridized carbons (Fsp3) is 0.385. The van der Waals surface area contributed by atoms with Crippen molar-refractivity contribution in [1.29, 1.82) is 0 Å². The molecule has 2 N–H and O–H groups in total. The maximum atomic E-state index is 12.0. The molecule has 0 bridgehead atoms. The second-order valence-corrected chi connectivity index (χ2v) is 5.52.